The highest BCUT2D eigenvalue weighted by atomic mass is 35.5. The number of carbonyl (C=O) groups is 2. The number of nitrogens with one attached hydrogen (secondary N) is 1. The van der Waals surface area contributed by atoms with Crippen molar-refractivity contribution in [2.75, 3.05) is 7.05 Å². The van der Waals surface area contributed by atoms with Crippen LogP contribution in [0.5, 0.6) is 0 Å². The summed E-state index contributed by atoms with van der Waals surface area (Å²) in [5.41, 5.74) is 6.01. The fraction of sp³-hybridized carbons (Fsp3) is 0.250. The number of amides is 3. The zero-order chi connectivity index (χ0) is 17.7. The van der Waals surface area contributed by atoms with Crippen molar-refractivity contribution in [3.8, 4) is 0 Å². The number of hydrogen-bond acceptors (Lipinski definition) is 3. The summed E-state index contributed by atoms with van der Waals surface area (Å²) in [7, 11) is 1.68. The van der Waals surface area contributed by atoms with Crippen LogP contribution in [-0.2, 0) is 11.3 Å². The lowest BCUT2D eigenvalue weighted by molar-refractivity contribution is -0.130. The second-order valence-corrected chi connectivity index (χ2v) is 7.09. The van der Waals surface area contributed by atoms with E-state index in [4.69, 9.17) is 28.9 Å². The first-order chi connectivity index (χ1) is 11.4. The highest BCUT2D eigenvalue weighted by molar-refractivity contribution is 7.10. The van der Waals surface area contributed by atoms with Crippen molar-refractivity contribution in [2.45, 2.75) is 19.0 Å². The third-order valence-corrected chi connectivity index (χ3v) is 5.00. The number of hydrogen-bond donors (Lipinski definition) is 2. The molecule has 0 aliphatic rings. The van der Waals surface area contributed by atoms with E-state index in [0.717, 1.165) is 10.4 Å². The number of benzene rings is 1. The molecule has 0 bridgehead atoms. The molecule has 0 radical (unpaired) electrons. The van der Waals surface area contributed by atoms with Gasteiger partial charge in [0, 0.05) is 28.5 Å². The first-order valence-corrected chi connectivity index (χ1v) is 8.77. The predicted octanol–water partition coefficient (Wildman–Crippen LogP) is 3.81. The molecule has 0 spiro atoms. The maximum absolute atomic E-state index is 12.5. The Morgan fingerprint density at radius 3 is 2.67 bits per heavy atom. The molecule has 0 fully saturated rings. The van der Waals surface area contributed by atoms with Crippen LogP contribution in [0.4, 0.5) is 4.79 Å². The summed E-state index contributed by atoms with van der Waals surface area (Å²) in [6.45, 7) is 0.350. The van der Waals surface area contributed by atoms with Gasteiger partial charge in [-0.15, -0.1) is 11.3 Å². The highest BCUT2D eigenvalue weighted by Gasteiger charge is 2.21. The van der Waals surface area contributed by atoms with Crippen molar-refractivity contribution in [3.63, 3.8) is 0 Å². The predicted molar refractivity (Wildman–Crippen MR) is 97.3 cm³/mol. The zero-order valence-electron chi connectivity index (χ0n) is 13.0. The largest absolute Gasteiger partial charge is 0.352 e. The van der Waals surface area contributed by atoms with Gasteiger partial charge in [0.15, 0.2) is 0 Å². The monoisotopic (exact) mass is 385 g/mol. The number of halogens is 2. The molecular weight excluding hydrogens is 369 g/mol. The molecular formula is C16H17Cl2N3O2S. The van der Waals surface area contributed by atoms with E-state index in [1.165, 1.54) is 11.3 Å². The normalized spacial score (nSPS) is 11.8. The van der Waals surface area contributed by atoms with Gasteiger partial charge in [-0.05, 0) is 29.1 Å². The molecule has 1 heterocycles. The van der Waals surface area contributed by atoms with Gasteiger partial charge in [0.05, 0.1) is 12.5 Å². The molecule has 2 aromatic rings. The highest BCUT2D eigenvalue weighted by Crippen LogP contribution is 2.25. The molecule has 0 aliphatic heterocycles. The minimum atomic E-state index is -0.662. The number of rotatable bonds is 6. The maximum atomic E-state index is 12.5. The molecule has 3 amide bonds. The van der Waals surface area contributed by atoms with Crippen LogP contribution in [0.3, 0.4) is 0 Å². The molecule has 0 aliphatic carbocycles. The van der Waals surface area contributed by atoms with Crippen LogP contribution >= 0.6 is 34.5 Å². The standard InChI is InChI=1S/C16H17Cl2N3O2S/c1-21(9-10-4-5-11(17)7-12(10)18)15(22)8-13(20-16(19)23)14-3-2-6-24-14/h2-7,13H,8-9H2,1H3,(H3,19,20,23). The molecule has 2 rings (SSSR count). The molecule has 5 nitrogen and oxygen atoms in total. The van der Waals surface area contributed by atoms with Crippen LogP contribution in [-0.4, -0.2) is 23.9 Å². The second-order valence-electron chi connectivity index (χ2n) is 5.27. The van der Waals surface area contributed by atoms with Crippen molar-refractivity contribution in [1.82, 2.24) is 10.2 Å². The topological polar surface area (TPSA) is 75.4 Å². The third kappa shape index (κ3) is 5.12. The summed E-state index contributed by atoms with van der Waals surface area (Å²) >= 11 is 13.5. The first kappa shape index (κ1) is 18.6. The van der Waals surface area contributed by atoms with Gasteiger partial charge in [0.1, 0.15) is 0 Å². The van der Waals surface area contributed by atoms with Crippen molar-refractivity contribution in [1.29, 1.82) is 0 Å². The first-order valence-electron chi connectivity index (χ1n) is 7.14. The van der Waals surface area contributed by atoms with Crippen molar-refractivity contribution in [3.05, 3.63) is 56.2 Å². The lowest BCUT2D eigenvalue weighted by Gasteiger charge is -2.22. The summed E-state index contributed by atoms with van der Waals surface area (Å²) in [6, 6.07) is 7.76. The smallest absolute Gasteiger partial charge is 0.312 e. The van der Waals surface area contributed by atoms with Crippen molar-refractivity contribution < 1.29 is 9.59 Å². The molecule has 0 saturated heterocycles. The van der Waals surface area contributed by atoms with E-state index >= 15 is 0 Å². The van der Waals surface area contributed by atoms with Crippen molar-refractivity contribution >= 4 is 46.5 Å². The zero-order valence-corrected chi connectivity index (χ0v) is 15.3. The van der Waals surface area contributed by atoms with E-state index in [9.17, 15) is 9.59 Å². The lowest BCUT2D eigenvalue weighted by Crippen LogP contribution is -2.36. The van der Waals surface area contributed by atoms with E-state index in [2.05, 4.69) is 5.32 Å². The molecule has 24 heavy (non-hydrogen) atoms. The van der Waals surface area contributed by atoms with Crippen LogP contribution in [0, 0.1) is 0 Å². The van der Waals surface area contributed by atoms with E-state index in [-0.39, 0.29) is 12.3 Å². The third-order valence-electron chi connectivity index (χ3n) is 3.43. The average Bonchev–Trinajstić information content (AvgIpc) is 3.03. The molecule has 0 saturated carbocycles. The summed E-state index contributed by atoms with van der Waals surface area (Å²) in [6.07, 6.45) is 0.116. The van der Waals surface area contributed by atoms with E-state index < -0.39 is 12.1 Å². The molecule has 8 heteroatoms. The van der Waals surface area contributed by atoms with Gasteiger partial charge < -0.3 is 16.0 Å². The van der Waals surface area contributed by atoms with Gasteiger partial charge in [-0.3, -0.25) is 4.79 Å². The minimum absolute atomic E-state index is 0.116. The summed E-state index contributed by atoms with van der Waals surface area (Å²) in [5.74, 6) is -0.131. The van der Waals surface area contributed by atoms with Gasteiger partial charge >= 0.3 is 6.03 Å². The van der Waals surface area contributed by atoms with Gasteiger partial charge in [-0.2, -0.15) is 0 Å². The quantitative estimate of drug-likeness (QED) is 0.792. The summed E-state index contributed by atoms with van der Waals surface area (Å²) in [5, 5.41) is 5.54. The van der Waals surface area contributed by atoms with Gasteiger partial charge in [-0.25, -0.2) is 4.79 Å². The Bertz CT molecular complexity index is 722. The van der Waals surface area contributed by atoms with Gasteiger partial charge in [-0.1, -0.05) is 35.3 Å². The van der Waals surface area contributed by atoms with Gasteiger partial charge in [0.25, 0.3) is 0 Å². The molecule has 1 aromatic heterocycles. The van der Waals surface area contributed by atoms with Gasteiger partial charge in [0.2, 0.25) is 5.91 Å². The van der Waals surface area contributed by atoms with Crippen molar-refractivity contribution in [2.24, 2.45) is 5.73 Å². The molecule has 1 aromatic carbocycles. The molecule has 128 valence electrons. The Morgan fingerprint density at radius 2 is 2.08 bits per heavy atom. The summed E-state index contributed by atoms with van der Waals surface area (Å²) < 4.78 is 0. The fourth-order valence-corrected chi connectivity index (χ4v) is 3.45. The van der Waals surface area contributed by atoms with E-state index in [1.807, 2.05) is 17.5 Å². The summed E-state index contributed by atoms with van der Waals surface area (Å²) in [4.78, 5) is 26.1. The van der Waals surface area contributed by atoms with E-state index in [0.29, 0.717) is 16.6 Å². The number of primary amides is 1. The Kier molecular flexibility index (Phi) is 6.48. The van der Waals surface area contributed by atoms with Crippen LogP contribution in [0.25, 0.3) is 0 Å². The van der Waals surface area contributed by atoms with E-state index in [1.54, 1.807) is 30.1 Å². The van der Waals surface area contributed by atoms with Crippen LogP contribution in [0.2, 0.25) is 10.0 Å². The fourth-order valence-electron chi connectivity index (χ4n) is 2.21. The Morgan fingerprint density at radius 1 is 1.33 bits per heavy atom. The van der Waals surface area contributed by atoms with Crippen LogP contribution < -0.4 is 11.1 Å². The number of carbonyl (C=O) groups excluding carboxylic acids is 2. The number of thiophene rings is 1. The maximum Gasteiger partial charge on any atom is 0.312 e. The Labute approximate surface area is 154 Å². The number of nitrogens with two attached hydrogens (primary N) is 1. The molecule has 1 unspecified atom stereocenters. The van der Waals surface area contributed by atoms with Crippen LogP contribution in [0.1, 0.15) is 22.9 Å². The minimum Gasteiger partial charge on any atom is -0.352 e. The second kappa shape index (κ2) is 8.37. The number of nitrogens with zero attached hydrogens (tertiary/aromatic N) is 1. The number of urea groups is 1. The SMILES string of the molecule is CN(Cc1ccc(Cl)cc1Cl)C(=O)CC(NC(N)=O)c1cccs1. The van der Waals surface area contributed by atoms with Crippen LogP contribution in [0.15, 0.2) is 35.7 Å². The Hall–Kier alpha value is -1.76. The lowest BCUT2D eigenvalue weighted by atomic mass is 10.1. The molecule has 1 atom stereocenters. The average molecular weight is 386 g/mol. The Balaban J connectivity index is 2.04. The molecule has 3 N–H and O–H groups in total.